The second-order valence-corrected chi connectivity index (χ2v) is 10.9. The number of imide groups is 1. The van der Waals surface area contributed by atoms with Gasteiger partial charge in [0.25, 0.3) is 5.91 Å². The highest BCUT2D eigenvalue weighted by atomic mass is 32.2. The Balaban J connectivity index is 1.44. The summed E-state index contributed by atoms with van der Waals surface area (Å²) < 4.78 is 31.9. The van der Waals surface area contributed by atoms with Gasteiger partial charge in [0, 0.05) is 5.56 Å². The van der Waals surface area contributed by atoms with Gasteiger partial charge in [-0.25, -0.2) is 9.96 Å². The number of fused-ring (bicyclic) bond motifs is 1. The van der Waals surface area contributed by atoms with Crippen LogP contribution in [0.4, 0.5) is 11.4 Å². The van der Waals surface area contributed by atoms with Crippen LogP contribution in [0.2, 0.25) is 0 Å². The summed E-state index contributed by atoms with van der Waals surface area (Å²) in [7, 11) is -4.17. The largest absolute Gasteiger partial charge is 0.379 e. The van der Waals surface area contributed by atoms with Crippen LogP contribution in [0.1, 0.15) is 17.2 Å². The van der Waals surface area contributed by atoms with Gasteiger partial charge in [-0.15, -0.1) is 0 Å². The van der Waals surface area contributed by atoms with Crippen molar-refractivity contribution in [3.63, 3.8) is 0 Å². The van der Waals surface area contributed by atoms with Gasteiger partial charge in [-0.1, -0.05) is 72.3 Å². The standard InChI is InChI=1S/C30H24N2O6S/c1-20-16-18-21(19-17-20)31-29(33)26-27(32(37-28(26)30(31)34)22-10-4-2-5-11-22)24-14-8-9-15-25(24)38-39(35,36)23-12-6-3-7-13-23/h2-19,26-28H,1H3/t26-,27+,28-/m1/s1. The molecule has 0 spiro atoms. The number of hydroxylamine groups is 1. The highest BCUT2D eigenvalue weighted by Gasteiger charge is 2.60. The number of rotatable bonds is 6. The second-order valence-electron chi connectivity index (χ2n) is 9.39. The molecule has 196 valence electrons. The predicted octanol–water partition coefficient (Wildman–Crippen LogP) is 4.81. The molecule has 9 heteroatoms. The van der Waals surface area contributed by atoms with Gasteiger partial charge in [-0.3, -0.25) is 14.4 Å². The van der Waals surface area contributed by atoms with Gasteiger partial charge in [0.1, 0.15) is 16.6 Å². The minimum Gasteiger partial charge on any atom is -0.379 e. The van der Waals surface area contributed by atoms with E-state index in [1.807, 2.05) is 37.3 Å². The van der Waals surface area contributed by atoms with Crippen LogP contribution in [-0.4, -0.2) is 26.3 Å². The minimum absolute atomic E-state index is 0.00191. The van der Waals surface area contributed by atoms with E-state index < -0.39 is 40.0 Å². The molecule has 2 aliphatic heterocycles. The number of amides is 2. The Kier molecular flexibility index (Phi) is 6.17. The maximum absolute atomic E-state index is 13.9. The molecule has 0 saturated carbocycles. The number of nitrogens with zero attached hydrogens (tertiary/aromatic N) is 2. The first-order valence-corrected chi connectivity index (χ1v) is 13.8. The molecule has 0 radical (unpaired) electrons. The lowest BCUT2D eigenvalue weighted by Crippen LogP contribution is -2.37. The van der Waals surface area contributed by atoms with E-state index in [2.05, 4.69) is 0 Å². The first kappa shape index (κ1) is 24.8. The van der Waals surface area contributed by atoms with E-state index in [-0.39, 0.29) is 10.6 Å². The number of benzene rings is 4. The molecule has 0 unspecified atom stereocenters. The van der Waals surface area contributed by atoms with E-state index >= 15 is 0 Å². The molecule has 2 saturated heterocycles. The van der Waals surface area contributed by atoms with Gasteiger partial charge in [0.15, 0.2) is 6.10 Å². The zero-order valence-electron chi connectivity index (χ0n) is 20.9. The van der Waals surface area contributed by atoms with Crippen LogP contribution in [0.15, 0.2) is 114 Å². The fraction of sp³-hybridized carbons (Fsp3) is 0.133. The molecule has 3 atom stereocenters. The third-order valence-electron chi connectivity index (χ3n) is 6.89. The number of carbonyl (C=O) groups is 2. The van der Waals surface area contributed by atoms with Crippen LogP contribution in [-0.2, 0) is 24.5 Å². The van der Waals surface area contributed by atoms with E-state index in [4.69, 9.17) is 9.02 Å². The summed E-state index contributed by atoms with van der Waals surface area (Å²) in [5, 5.41) is 1.51. The Labute approximate surface area is 226 Å². The summed E-state index contributed by atoms with van der Waals surface area (Å²) in [5.41, 5.74) is 2.46. The quantitative estimate of drug-likeness (QED) is 0.256. The first-order chi connectivity index (χ1) is 18.8. The Morgan fingerprint density at radius 2 is 1.33 bits per heavy atom. The summed E-state index contributed by atoms with van der Waals surface area (Å²) in [5.74, 6) is -1.81. The molecule has 8 nitrogen and oxygen atoms in total. The van der Waals surface area contributed by atoms with E-state index in [1.165, 1.54) is 23.3 Å². The maximum atomic E-state index is 13.9. The van der Waals surface area contributed by atoms with Crippen molar-refractivity contribution in [1.82, 2.24) is 0 Å². The first-order valence-electron chi connectivity index (χ1n) is 12.4. The summed E-state index contributed by atoms with van der Waals surface area (Å²) >= 11 is 0. The maximum Gasteiger partial charge on any atom is 0.339 e. The monoisotopic (exact) mass is 540 g/mol. The summed E-state index contributed by atoms with van der Waals surface area (Å²) in [4.78, 5) is 34.8. The van der Waals surface area contributed by atoms with Crippen LogP contribution in [0.3, 0.4) is 0 Å². The van der Waals surface area contributed by atoms with Crippen molar-refractivity contribution in [3.8, 4) is 5.75 Å². The summed E-state index contributed by atoms with van der Waals surface area (Å²) in [6.45, 7) is 1.92. The highest BCUT2D eigenvalue weighted by Crippen LogP contribution is 2.49. The lowest BCUT2D eigenvalue weighted by Gasteiger charge is -2.29. The zero-order chi connectivity index (χ0) is 27.1. The smallest absolute Gasteiger partial charge is 0.339 e. The molecular formula is C30H24N2O6S. The average Bonchev–Trinajstić information content (AvgIpc) is 3.46. The summed E-state index contributed by atoms with van der Waals surface area (Å²) in [6.07, 6.45) is -1.09. The molecule has 2 heterocycles. The van der Waals surface area contributed by atoms with Gasteiger partial charge in [-0.2, -0.15) is 8.42 Å². The molecular weight excluding hydrogens is 516 g/mol. The molecule has 0 bridgehead atoms. The predicted molar refractivity (Wildman–Crippen MR) is 144 cm³/mol. The van der Waals surface area contributed by atoms with Crippen LogP contribution in [0, 0.1) is 12.8 Å². The Morgan fingerprint density at radius 1 is 0.718 bits per heavy atom. The fourth-order valence-corrected chi connectivity index (χ4v) is 6.01. The molecule has 0 N–H and O–H groups in total. The van der Waals surface area contributed by atoms with E-state index in [1.54, 1.807) is 60.7 Å². The van der Waals surface area contributed by atoms with Crippen molar-refractivity contribution in [1.29, 1.82) is 0 Å². The number of carbonyl (C=O) groups excluding carboxylic acids is 2. The SMILES string of the molecule is Cc1ccc(N2C(=O)[C@H]3[C@@H](ON(c4ccccc4)[C@H]3c3ccccc3OS(=O)(=O)c3ccccc3)C2=O)cc1. The molecule has 4 aromatic carbocycles. The Morgan fingerprint density at radius 3 is 2.03 bits per heavy atom. The lowest BCUT2D eigenvalue weighted by atomic mass is 9.90. The van der Waals surface area contributed by atoms with Crippen molar-refractivity contribution in [3.05, 3.63) is 120 Å². The second kappa shape index (κ2) is 9.68. The van der Waals surface area contributed by atoms with Crippen molar-refractivity contribution in [2.45, 2.75) is 24.0 Å². The molecule has 4 aromatic rings. The van der Waals surface area contributed by atoms with E-state index in [0.717, 1.165) is 10.5 Å². The molecule has 39 heavy (non-hydrogen) atoms. The number of anilines is 2. The number of aryl methyl sites for hydroxylation is 1. The average molecular weight is 541 g/mol. The third-order valence-corrected chi connectivity index (χ3v) is 8.14. The van der Waals surface area contributed by atoms with Gasteiger partial charge in [-0.05, 0) is 49.4 Å². The molecule has 2 aliphatic rings. The van der Waals surface area contributed by atoms with Crippen molar-refractivity contribution in [2.75, 3.05) is 9.96 Å². The number of hydrogen-bond donors (Lipinski definition) is 0. The normalized spacial score (nSPS) is 20.8. The van der Waals surface area contributed by atoms with Crippen molar-refractivity contribution in [2.24, 2.45) is 5.92 Å². The molecule has 6 rings (SSSR count). The van der Waals surface area contributed by atoms with Crippen LogP contribution in [0.25, 0.3) is 0 Å². The highest BCUT2D eigenvalue weighted by molar-refractivity contribution is 7.87. The molecule has 0 aromatic heterocycles. The summed E-state index contributed by atoms with van der Waals surface area (Å²) in [6, 6.07) is 29.7. The van der Waals surface area contributed by atoms with Gasteiger partial charge in [0.2, 0.25) is 5.91 Å². The number of para-hydroxylation sites is 2. The van der Waals surface area contributed by atoms with Crippen LogP contribution < -0.4 is 14.1 Å². The third kappa shape index (κ3) is 4.35. The fourth-order valence-electron chi connectivity index (χ4n) is 5.03. The topological polar surface area (TPSA) is 93.2 Å². The van der Waals surface area contributed by atoms with Crippen molar-refractivity contribution < 1.29 is 27.0 Å². The van der Waals surface area contributed by atoms with E-state index in [9.17, 15) is 18.0 Å². The lowest BCUT2D eigenvalue weighted by molar-refractivity contribution is -0.126. The van der Waals surface area contributed by atoms with Crippen molar-refractivity contribution >= 4 is 33.3 Å². The number of hydrogen-bond acceptors (Lipinski definition) is 7. The Bertz CT molecular complexity index is 1640. The van der Waals surface area contributed by atoms with Gasteiger partial charge in [0.05, 0.1) is 17.4 Å². The Hall–Kier alpha value is -4.47. The zero-order valence-corrected chi connectivity index (χ0v) is 21.7. The molecule has 2 amide bonds. The van der Waals surface area contributed by atoms with Crippen LogP contribution >= 0.6 is 0 Å². The van der Waals surface area contributed by atoms with E-state index in [0.29, 0.717) is 16.9 Å². The molecule has 0 aliphatic carbocycles. The minimum atomic E-state index is -4.17. The van der Waals surface area contributed by atoms with Gasteiger partial charge >= 0.3 is 10.1 Å². The van der Waals surface area contributed by atoms with Gasteiger partial charge < -0.3 is 4.18 Å². The molecule has 2 fully saturated rings. The van der Waals surface area contributed by atoms with Crippen LogP contribution in [0.5, 0.6) is 5.75 Å².